The Labute approximate surface area is 89.3 Å². The summed E-state index contributed by atoms with van der Waals surface area (Å²) in [5, 5.41) is 0. The number of carbonyl (C=O) groups is 1. The molecule has 0 atom stereocenters. The Balaban J connectivity index is 3.13. The number of Topliss-reactive ketones (excluding diaryl/α,β-unsaturated/α-hetero) is 1. The van der Waals surface area contributed by atoms with E-state index < -0.39 is 0 Å². The lowest BCUT2D eigenvalue weighted by atomic mass is 10.0. The third-order valence-electron chi connectivity index (χ3n) is 2.16. The molecular formula is C12H14O3. The topological polar surface area (TPSA) is 35.5 Å². The van der Waals surface area contributed by atoms with Gasteiger partial charge in [-0.15, -0.1) is 0 Å². The number of ketones is 1. The van der Waals surface area contributed by atoms with Crippen LogP contribution >= 0.6 is 0 Å². The van der Waals surface area contributed by atoms with Crippen LogP contribution in [0.5, 0.6) is 11.5 Å². The molecule has 0 aliphatic rings. The lowest BCUT2D eigenvalue weighted by Gasteiger charge is -2.09. The number of ether oxygens (including phenoxy) is 2. The largest absolute Gasteiger partial charge is 0.493 e. The molecule has 0 N–H and O–H groups in total. The van der Waals surface area contributed by atoms with E-state index >= 15 is 0 Å². The molecule has 0 aliphatic carbocycles. The number of hydrogen-bond acceptors (Lipinski definition) is 3. The van der Waals surface area contributed by atoms with Gasteiger partial charge in [-0.2, -0.15) is 0 Å². The van der Waals surface area contributed by atoms with E-state index in [1.54, 1.807) is 32.4 Å². The van der Waals surface area contributed by atoms with Crippen molar-refractivity contribution in [3.8, 4) is 11.5 Å². The van der Waals surface area contributed by atoms with Crippen LogP contribution in [0.25, 0.3) is 5.57 Å². The van der Waals surface area contributed by atoms with E-state index in [-0.39, 0.29) is 5.78 Å². The van der Waals surface area contributed by atoms with Crippen LogP contribution in [0.4, 0.5) is 0 Å². The molecule has 15 heavy (non-hydrogen) atoms. The smallest absolute Gasteiger partial charge is 0.161 e. The molecule has 0 saturated heterocycles. The van der Waals surface area contributed by atoms with Gasteiger partial charge in [0.2, 0.25) is 0 Å². The average Bonchev–Trinajstić information content (AvgIpc) is 2.26. The monoisotopic (exact) mass is 206 g/mol. The van der Waals surface area contributed by atoms with Gasteiger partial charge >= 0.3 is 0 Å². The standard InChI is InChI=1S/C12H14O3/c1-8(9(2)13)10-5-6-11(14-3)12(7-10)15-4/h5-7H,1H2,2-4H3. The molecule has 3 nitrogen and oxygen atoms in total. The molecule has 0 saturated carbocycles. The third-order valence-corrected chi connectivity index (χ3v) is 2.16. The molecule has 1 rings (SSSR count). The van der Waals surface area contributed by atoms with Crippen molar-refractivity contribution in [2.75, 3.05) is 14.2 Å². The molecule has 0 aromatic heterocycles. The van der Waals surface area contributed by atoms with Crippen molar-refractivity contribution in [3.05, 3.63) is 30.3 Å². The van der Waals surface area contributed by atoms with Gasteiger partial charge in [-0.25, -0.2) is 0 Å². The van der Waals surface area contributed by atoms with Gasteiger partial charge in [-0.3, -0.25) is 4.79 Å². The molecule has 1 aromatic rings. The molecule has 1 aromatic carbocycles. The fourth-order valence-electron chi connectivity index (χ4n) is 1.23. The number of methoxy groups -OCH3 is 2. The molecule has 3 heteroatoms. The molecule has 0 fully saturated rings. The Morgan fingerprint density at radius 1 is 1.20 bits per heavy atom. The number of hydrogen-bond donors (Lipinski definition) is 0. The Hall–Kier alpha value is -1.77. The molecular weight excluding hydrogens is 192 g/mol. The first-order valence-corrected chi connectivity index (χ1v) is 4.52. The molecule has 0 heterocycles. The van der Waals surface area contributed by atoms with Gasteiger partial charge in [0.1, 0.15) is 0 Å². The minimum absolute atomic E-state index is 0.0535. The fourth-order valence-corrected chi connectivity index (χ4v) is 1.23. The van der Waals surface area contributed by atoms with E-state index in [1.807, 2.05) is 0 Å². The number of rotatable bonds is 4. The van der Waals surface area contributed by atoms with Crippen LogP contribution in [-0.4, -0.2) is 20.0 Å². The highest BCUT2D eigenvalue weighted by molar-refractivity contribution is 6.18. The summed E-state index contributed by atoms with van der Waals surface area (Å²) in [5.41, 5.74) is 1.22. The van der Waals surface area contributed by atoms with Crippen LogP contribution in [0.15, 0.2) is 24.8 Å². The summed E-state index contributed by atoms with van der Waals surface area (Å²) in [6.07, 6.45) is 0. The maximum absolute atomic E-state index is 11.1. The van der Waals surface area contributed by atoms with Crippen LogP contribution in [0.1, 0.15) is 12.5 Å². The summed E-state index contributed by atoms with van der Waals surface area (Å²) in [4.78, 5) is 11.1. The summed E-state index contributed by atoms with van der Waals surface area (Å²) in [6.45, 7) is 5.19. The van der Waals surface area contributed by atoms with E-state index in [9.17, 15) is 4.79 Å². The van der Waals surface area contributed by atoms with E-state index in [2.05, 4.69) is 6.58 Å². The van der Waals surface area contributed by atoms with Gasteiger partial charge in [0.05, 0.1) is 14.2 Å². The Bertz CT molecular complexity index is 394. The molecule has 0 aliphatic heterocycles. The third kappa shape index (κ3) is 2.37. The van der Waals surface area contributed by atoms with E-state index in [0.29, 0.717) is 17.1 Å². The first kappa shape index (κ1) is 11.3. The molecule has 0 unspecified atom stereocenters. The minimum Gasteiger partial charge on any atom is -0.493 e. The maximum Gasteiger partial charge on any atom is 0.161 e. The Morgan fingerprint density at radius 3 is 2.27 bits per heavy atom. The van der Waals surface area contributed by atoms with Crippen molar-refractivity contribution in [3.63, 3.8) is 0 Å². The van der Waals surface area contributed by atoms with Crippen LogP contribution in [-0.2, 0) is 4.79 Å². The highest BCUT2D eigenvalue weighted by Gasteiger charge is 2.08. The van der Waals surface area contributed by atoms with E-state index in [1.165, 1.54) is 6.92 Å². The van der Waals surface area contributed by atoms with Gasteiger partial charge in [0.25, 0.3) is 0 Å². The minimum atomic E-state index is -0.0535. The molecule has 0 spiro atoms. The molecule has 0 amide bonds. The van der Waals surface area contributed by atoms with E-state index in [4.69, 9.17) is 9.47 Å². The van der Waals surface area contributed by atoms with Crippen molar-refractivity contribution < 1.29 is 14.3 Å². The van der Waals surface area contributed by atoms with Crippen molar-refractivity contribution in [1.82, 2.24) is 0 Å². The maximum atomic E-state index is 11.1. The van der Waals surface area contributed by atoms with Crippen LogP contribution in [0, 0.1) is 0 Å². The van der Waals surface area contributed by atoms with Gasteiger partial charge < -0.3 is 9.47 Å². The highest BCUT2D eigenvalue weighted by Crippen LogP contribution is 2.29. The lowest BCUT2D eigenvalue weighted by molar-refractivity contribution is -0.111. The number of carbonyl (C=O) groups excluding carboxylic acids is 1. The van der Waals surface area contributed by atoms with Crippen LogP contribution < -0.4 is 9.47 Å². The second-order valence-corrected chi connectivity index (χ2v) is 3.10. The van der Waals surface area contributed by atoms with Crippen LogP contribution in [0.3, 0.4) is 0 Å². The first-order chi connectivity index (χ1) is 7.10. The fraction of sp³-hybridized carbons (Fsp3) is 0.250. The van der Waals surface area contributed by atoms with Gasteiger partial charge in [-0.05, 0) is 24.6 Å². The molecule has 0 radical (unpaired) electrons. The number of benzene rings is 1. The zero-order valence-corrected chi connectivity index (χ0v) is 9.16. The number of allylic oxidation sites excluding steroid dienone is 1. The van der Waals surface area contributed by atoms with Gasteiger partial charge in [-0.1, -0.05) is 12.6 Å². The van der Waals surface area contributed by atoms with E-state index in [0.717, 1.165) is 5.56 Å². The Morgan fingerprint density at radius 2 is 1.80 bits per heavy atom. The highest BCUT2D eigenvalue weighted by atomic mass is 16.5. The summed E-state index contributed by atoms with van der Waals surface area (Å²) < 4.78 is 10.2. The normalized spacial score (nSPS) is 9.53. The Kier molecular flexibility index (Phi) is 3.50. The zero-order valence-electron chi connectivity index (χ0n) is 9.16. The molecule has 0 bridgehead atoms. The predicted octanol–water partition coefficient (Wildman–Crippen LogP) is 2.31. The summed E-state index contributed by atoms with van der Waals surface area (Å²) in [5.74, 6) is 1.18. The van der Waals surface area contributed by atoms with Crippen molar-refractivity contribution in [2.45, 2.75) is 6.92 Å². The summed E-state index contributed by atoms with van der Waals surface area (Å²) in [7, 11) is 3.12. The van der Waals surface area contributed by atoms with Gasteiger partial charge in [0.15, 0.2) is 17.3 Å². The average molecular weight is 206 g/mol. The first-order valence-electron chi connectivity index (χ1n) is 4.52. The SMILES string of the molecule is C=C(C(C)=O)c1ccc(OC)c(OC)c1. The second-order valence-electron chi connectivity index (χ2n) is 3.10. The predicted molar refractivity (Wildman–Crippen MR) is 59.3 cm³/mol. The van der Waals surface area contributed by atoms with Crippen molar-refractivity contribution in [1.29, 1.82) is 0 Å². The van der Waals surface area contributed by atoms with Crippen molar-refractivity contribution in [2.24, 2.45) is 0 Å². The van der Waals surface area contributed by atoms with Crippen molar-refractivity contribution >= 4 is 11.4 Å². The second kappa shape index (κ2) is 4.64. The van der Waals surface area contributed by atoms with Gasteiger partial charge in [0, 0.05) is 5.57 Å². The molecule has 80 valence electrons. The van der Waals surface area contributed by atoms with Crippen LogP contribution in [0.2, 0.25) is 0 Å². The quantitative estimate of drug-likeness (QED) is 0.709. The summed E-state index contributed by atoms with van der Waals surface area (Å²) in [6, 6.07) is 5.27. The summed E-state index contributed by atoms with van der Waals surface area (Å²) >= 11 is 0. The lowest BCUT2D eigenvalue weighted by Crippen LogP contribution is -1.96. The zero-order chi connectivity index (χ0) is 11.4.